The van der Waals surface area contributed by atoms with Crippen molar-refractivity contribution in [1.82, 2.24) is 9.78 Å². The molecule has 2 atom stereocenters. The van der Waals surface area contributed by atoms with Gasteiger partial charge < -0.3 is 5.32 Å². The van der Waals surface area contributed by atoms with E-state index in [0.29, 0.717) is 23.6 Å². The molecule has 1 aromatic heterocycles. The number of aromatic nitrogens is 2. The Morgan fingerprint density at radius 3 is 2.58 bits per heavy atom. The summed E-state index contributed by atoms with van der Waals surface area (Å²) in [4.78, 5) is 12.7. The average molecular weight is 447 g/mol. The maximum absolute atomic E-state index is 14.4. The fraction of sp³-hybridized carbons (Fsp3) is 0.238. The van der Waals surface area contributed by atoms with Crippen LogP contribution in [0.25, 0.3) is 5.69 Å². The fourth-order valence-electron chi connectivity index (χ4n) is 4.14. The van der Waals surface area contributed by atoms with Gasteiger partial charge in [-0.3, -0.25) is 4.79 Å². The summed E-state index contributed by atoms with van der Waals surface area (Å²) in [5.41, 5.74) is 1.26. The van der Waals surface area contributed by atoms with Crippen LogP contribution in [0.2, 0.25) is 0 Å². The van der Waals surface area contributed by atoms with E-state index in [-0.39, 0.29) is 27.9 Å². The van der Waals surface area contributed by atoms with Gasteiger partial charge in [0, 0.05) is 23.8 Å². The van der Waals surface area contributed by atoms with E-state index >= 15 is 0 Å². The summed E-state index contributed by atoms with van der Waals surface area (Å²) in [7, 11) is -3.60. The molecule has 1 fully saturated rings. The van der Waals surface area contributed by atoms with Crippen LogP contribution >= 0.6 is 0 Å². The zero-order chi connectivity index (χ0) is 22.1. The van der Waals surface area contributed by atoms with Crippen molar-refractivity contribution in [3.8, 4) is 5.69 Å². The van der Waals surface area contributed by atoms with Gasteiger partial charge in [-0.2, -0.15) is 5.10 Å². The summed E-state index contributed by atoms with van der Waals surface area (Å²) >= 11 is 0. The number of fused-ring (bicyclic) bond motifs is 3. The first-order valence-corrected chi connectivity index (χ1v) is 11.4. The molecule has 6 nitrogen and oxygen atoms in total. The number of sulfone groups is 1. The van der Waals surface area contributed by atoms with E-state index in [1.54, 1.807) is 0 Å². The topological polar surface area (TPSA) is 81.1 Å². The summed E-state index contributed by atoms with van der Waals surface area (Å²) in [5.74, 6) is -2.62. The van der Waals surface area contributed by atoms with Gasteiger partial charge in [-0.25, -0.2) is 26.3 Å². The molecule has 0 radical (unpaired) electrons. The Morgan fingerprint density at radius 1 is 1.13 bits per heavy atom. The van der Waals surface area contributed by atoms with Crippen LogP contribution in [0.4, 0.5) is 18.9 Å². The molecule has 3 aromatic rings. The Labute approximate surface area is 175 Å². The van der Waals surface area contributed by atoms with Crippen LogP contribution < -0.4 is 5.32 Å². The van der Waals surface area contributed by atoms with Crippen LogP contribution in [0.3, 0.4) is 0 Å². The molecular formula is C21H16F3N3O3S. The summed E-state index contributed by atoms with van der Waals surface area (Å²) in [5, 5.41) is 6.69. The van der Waals surface area contributed by atoms with E-state index in [9.17, 15) is 26.4 Å². The molecular weight excluding hydrogens is 431 g/mol. The van der Waals surface area contributed by atoms with E-state index < -0.39 is 33.2 Å². The van der Waals surface area contributed by atoms with E-state index in [1.807, 2.05) is 0 Å². The first-order valence-electron chi connectivity index (χ1n) is 9.51. The highest BCUT2D eigenvalue weighted by atomic mass is 32.2. The van der Waals surface area contributed by atoms with E-state index in [0.717, 1.165) is 36.9 Å². The minimum atomic E-state index is -3.60. The molecule has 10 heteroatoms. The van der Waals surface area contributed by atoms with Gasteiger partial charge in [-0.15, -0.1) is 0 Å². The van der Waals surface area contributed by atoms with Gasteiger partial charge in [-0.1, -0.05) is 0 Å². The number of halogens is 3. The van der Waals surface area contributed by atoms with Crippen LogP contribution in [0, 0.1) is 23.4 Å². The highest BCUT2D eigenvalue weighted by Gasteiger charge is 2.50. The fourth-order valence-corrected chi connectivity index (χ4v) is 4.78. The minimum absolute atomic E-state index is 0.0351. The normalized spacial score (nSPS) is 19.1. The molecule has 1 amide bonds. The van der Waals surface area contributed by atoms with Crippen molar-refractivity contribution in [3.05, 3.63) is 70.8 Å². The largest absolute Gasteiger partial charge is 0.318 e. The first kappa shape index (κ1) is 19.8. The van der Waals surface area contributed by atoms with Crippen LogP contribution in [0.5, 0.6) is 0 Å². The van der Waals surface area contributed by atoms with Crippen LogP contribution in [0.1, 0.15) is 34.1 Å². The molecule has 31 heavy (non-hydrogen) atoms. The third-order valence-electron chi connectivity index (χ3n) is 5.73. The molecule has 5 rings (SSSR count). The van der Waals surface area contributed by atoms with Gasteiger partial charge in [0.15, 0.2) is 21.3 Å². The number of hydrogen-bond acceptors (Lipinski definition) is 4. The molecule has 0 spiro atoms. The number of hydrogen-bond donors (Lipinski definition) is 1. The molecule has 0 aliphatic heterocycles. The van der Waals surface area contributed by atoms with Crippen LogP contribution in [-0.2, 0) is 16.3 Å². The Balaban J connectivity index is 1.52. The molecule has 0 saturated heterocycles. The van der Waals surface area contributed by atoms with Gasteiger partial charge in [0.05, 0.1) is 16.3 Å². The molecule has 2 aromatic carbocycles. The van der Waals surface area contributed by atoms with E-state index in [2.05, 4.69) is 10.4 Å². The lowest BCUT2D eigenvalue weighted by Gasteiger charge is -2.08. The maximum atomic E-state index is 14.4. The highest BCUT2D eigenvalue weighted by molar-refractivity contribution is 7.90. The second kappa shape index (κ2) is 6.68. The molecule has 2 aliphatic rings. The number of amides is 1. The lowest BCUT2D eigenvalue weighted by atomic mass is 10.1. The number of nitrogens with one attached hydrogen (secondary N) is 1. The van der Waals surface area contributed by atoms with Crippen molar-refractivity contribution in [2.45, 2.75) is 23.7 Å². The van der Waals surface area contributed by atoms with Crippen molar-refractivity contribution in [2.24, 2.45) is 5.92 Å². The smallest absolute Gasteiger partial charge is 0.276 e. The summed E-state index contributed by atoms with van der Waals surface area (Å²) in [6, 6.07) is 6.32. The third kappa shape index (κ3) is 3.31. The highest BCUT2D eigenvalue weighted by Crippen LogP contribution is 2.57. The predicted octanol–water partition coefficient (Wildman–Crippen LogP) is 3.61. The van der Waals surface area contributed by atoms with Gasteiger partial charge in [0.1, 0.15) is 17.3 Å². The molecule has 1 saturated carbocycles. The zero-order valence-electron chi connectivity index (χ0n) is 16.2. The number of benzene rings is 2. The molecule has 1 N–H and O–H groups in total. The van der Waals surface area contributed by atoms with Crippen molar-refractivity contribution in [1.29, 1.82) is 0 Å². The molecule has 0 unspecified atom stereocenters. The number of nitrogens with zero attached hydrogens (tertiary/aromatic N) is 2. The van der Waals surface area contributed by atoms with Crippen molar-refractivity contribution in [2.75, 3.05) is 11.6 Å². The van der Waals surface area contributed by atoms with Crippen molar-refractivity contribution in [3.63, 3.8) is 0 Å². The predicted molar refractivity (Wildman–Crippen MR) is 105 cm³/mol. The molecule has 2 aliphatic carbocycles. The first-order chi connectivity index (χ1) is 14.6. The summed E-state index contributed by atoms with van der Waals surface area (Å²) < 4.78 is 66.6. The van der Waals surface area contributed by atoms with E-state index in [4.69, 9.17) is 0 Å². The Hall–Kier alpha value is -3.14. The van der Waals surface area contributed by atoms with Crippen molar-refractivity contribution >= 4 is 21.4 Å². The quantitative estimate of drug-likeness (QED) is 0.663. The molecule has 1 heterocycles. The van der Waals surface area contributed by atoms with Crippen LogP contribution in [0.15, 0.2) is 41.3 Å². The lowest BCUT2D eigenvalue weighted by molar-refractivity contribution is 0.102. The standard InChI is InChI=1S/C21H16F3N3O3S/c1-31(29,30)12-3-4-17(15(23)9-12)25-21(28)19-14-7-10-6-13(10)20(14)27(26-19)18-5-2-11(22)8-16(18)24/h2-5,8-10,13H,6-7H2,1H3,(H,25,28)/t10-,13-/m1/s1. The maximum Gasteiger partial charge on any atom is 0.276 e. The Kier molecular flexibility index (Phi) is 4.27. The van der Waals surface area contributed by atoms with Gasteiger partial charge >= 0.3 is 0 Å². The van der Waals surface area contributed by atoms with Crippen LogP contribution in [-0.4, -0.2) is 30.4 Å². The number of carbonyl (C=O) groups excluding carboxylic acids is 1. The van der Waals surface area contributed by atoms with Gasteiger partial charge in [0.2, 0.25) is 0 Å². The number of anilines is 1. The Morgan fingerprint density at radius 2 is 1.90 bits per heavy atom. The Bertz CT molecular complexity index is 1370. The average Bonchev–Trinajstić information content (AvgIpc) is 3.19. The third-order valence-corrected chi connectivity index (χ3v) is 6.84. The summed E-state index contributed by atoms with van der Waals surface area (Å²) in [6.45, 7) is 0. The second-order valence-electron chi connectivity index (χ2n) is 7.89. The molecule has 0 bridgehead atoms. The molecule has 160 valence electrons. The van der Waals surface area contributed by atoms with E-state index in [1.165, 1.54) is 16.8 Å². The van der Waals surface area contributed by atoms with Gasteiger partial charge in [0.25, 0.3) is 5.91 Å². The minimum Gasteiger partial charge on any atom is -0.318 e. The van der Waals surface area contributed by atoms with Gasteiger partial charge in [-0.05, 0) is 49.1 Å². The van der Waals surface area contributed by atoms with Crippen molar-refractivity contribution < 1.29 is 26.4 Å². The summed E-state index contributed by atoms with van der Waals surface area (Å²) in [6.07, 6.45) is 2.46. The SMILES string of the molecule is CS(=O)(=O)c1ccc(NC(=O)c2nn(-c3ccc(F)cc3F)c3c2C[C@H]2C[C@@H]32)c(F)c1. The lowest BCUT2D eigenvalue weighted by Crippen LogP contribution is -2.16. The zero-order valence-corrected chi connectivity index (χ0v) is 17.0. The number of rotatable bonds is 4. The monoisotopic (exact) mass is 447 g/mol. The number of carbonyl (C=O) groups is 1. The second-order valence-corrected chi connectivity index (χ2v) is 9.91.